The lowest BCUT2D eigenvalue weighted by atomic mass is 10.1. The molecule has 0 saturated carbocycles. The maximum absolute atomic E-state index is 12.0. The van der Waals surface area contributed by atoms with Crippen LogP contribution < -0.4 is 11.1 Å². The molecule has 3 N–H and O–H groups in total. The van der Waals surface area contributed by atoms with Crippen LogP contribution in [0.2, 0.25) is 0 Å². The third kappa shape index (κ3) is 3.96. The maximum Gasteiger partial charge on any atom is 0.344 e. The van der Waals surface area contributed by atoms with Crippen LogP contribution in [0.25, 0.3) is 0 Å². The van der Waals surface area contributed by atoms with Gasteiger partial charge in [0.05, 0.1) is 15.9 Å². The summed E-state index contributed by atoms with van der Waals surface area (Å²) in [4.78, 5) is 20.1. The normalized spacial score (nSPS) is 18.2. The van der Waals surface area contributed by atoms with E-state index in [4.69, 9.17) is 10.5 Å². The molecule has 1 heterocycles. The first-order valence-corrected chi connectivity index (χ1v) is 7.74. The van der Waals surface area contributed by atoms with Crippen LogP contribution in [0.1, 0.15) is 6.92 Å². The molecule has 0 aliphatic carbocycles. The molecule has 0 amide bonds. The van der Waals surface area contributed by atoms with Crippen LogP contribution in [0, 0.1) is 0 Å². The summed E-state index contributed by atoms with van der Waals surface area (Å²) in [5.41, 5.74) is 6.60. The number of carbonyl (C=O) groups is 1. The second-order valence-electron chi connectivity index (χ2n) is 3.32. The Hall–Kier alpha value is -1.03. The van der Waals surface area contributed by atoms with Gasteiger partial charge in [0.2, 0.25) is 0 Å². The summed E-state index contributed by atoms with van der Waals surface area (Å²) in [6.07, 6.45) is 3.55. The molecule has 0 bridgehead atoms. The van der Waals surface area contributed by atoms with Crippen LogP contribution in [0.15, 0.2) is 31.0 Å². The van der Waals surface area contributed by atoms with Gasteiger partial charge in [0.25, 0.3) is 0 Å². The number of rotatable bonds is 3. The molecular weight excluding hydrogens is 379 g/mol. The van der Waals surface area contributed by atoms with Crippen LogP contribution >= 0.6 is 34.4 Å². The first kappa shape index (κ1) is 16.0. The quantitative estimate of drug-likeness (QED) is 0.248. The number of aliphatic imine (C=N–C) groups is 2. The average molecular weight is 394 g/mol. The third-order valence-electron chi connectivity index (χ3n) is 2.19. The molecule has 1 rings (SSSR count). The SMILES string of the molecule is CCOC(=O)/C(C(N)=NC)=C1\NC(SC)=NC=C1I. The number of allylic oxidation sites excluding steroid dienone is 1. The number of esters is 1. The zero-order valence-corrected chi connectivity index (χ0v) is 13.8. The molecule has 0 spiro atoms. The summed E-state index contributed by atoms with van der Waals surface area (Å²) in [5.74, 6) is -0.371. The van der Waals surface area contributed by atoms with Crippen molar-refractivity contribution in [1.29, 1.82) is 0 Å². The molecule has 104 valence electrons. The first-order chi connectivity index (χ1) is 9.04. The minimum Gasteiger partial charge on any atom is -0.462 e. The second kappa shape index (κ2) is 7.53. The lowest BCUT2D eigenvalue weighted by Crippen LogP contribution is -2.32. The smallest absolute Gasteiger partial charge is 0.344 e. The highest BCUT2D eigenvalue weighted by molar-refractivity contribution is 14.1. The van der Waals surface area contributed by atoms with Gasteiger partial charge in [-0.15, -0.1) is 0 Å². The molecule has 8 heteroatoms. The van der Waals surface area contributed by atoms with E-state index < -0.39 is 5.97 Å². The Balaban J connectivity index is 3.30. The van der Waals surface area contributed by atoms with Crippen molar-refractivity contribution in [2.75, 3.05) is 19.9 Å². The van der Waals surface area contributed by atoms with E-state index in [0.29, 0.717) is 10.9 Å². The largest absolute Gasteiger partial charge is 0.462 e. The second-order valence-corrected chi connectivity index (χ2v) is 5.28. The van der Waals surface area contributed by atoms with E-state index in [1.165, 1.54) is 18.8 Å². The summed E-state index contributed by atoms with van der Waals surface area (Å²) >= 11 is 3.52. The molecule has 0 aromatic rings. The number of nitrogens with one attached hydrogen (secondary N) is 1. The van der Waals surface area contributed by atoms with E-state index in [-0.39, 0.29) is 18.0 Å². The lowest BCUT2D eigenvalue weighted by Gasteiger charge is -2.18. The van der Waals surface area contributed by atoms with E-state index in [2.05, 4.69) is 37.9 Å². The fraction of sp³-hybridized carbons (Fsp3) is 0.364. The van der Waals surface area contributed by atoms with Crippen molar-refractivity contribution in [2.24, 2.45) is 15.7 Å². The van der Waals surface area contributed by atoms with Crippen molar-refractivity contribution < 1.29 is 9.53 Å². The molecule has 0 aromatic carbocycles. The third-order valence-corrected chi connectivity index (χ3v) is 3.60. The summed E-state index contributed by atoms with van der Waals surface area (Å²) in [5, 5.41) is 3.74. The van der Waals surface area contributed by atoms with Crippen molar-refractivity contribution in [1.82, 2.24) is 5.32 Å². The maximum atomic E-state index is 12.0. The number of hydrogen-bond acceptors (Lipinski definition) is 6. The van der Waals surface area contributed by atoms with Gasteiger partial charge in [-0.05, 0) is 35.8 Å². The van der Waals surface area contributed by atoms with Gasteiger partial charge in [0.1, 0.15) is 11.4 Å². The van der Waals surface area contributed by atoms with E-state index in [1.54, 1.807) is 13.1 Å². The highest BCUT2D eigenvalue weighted by atomic mass is 127. The van der Waals surface area contributed by atoms with Crippen LogP contribution in [-0.2, 0) is 9.53 Å². The van der Waals surface area contributed by atoms with Crippen LogP contribution in [0.4, 0.5) is 0 Å². The zero-order chi connectivity index (χ0) is 14.4. The number of hydrogen-bond donors (Lipinski definition) is 2. The van der Waals surface area contributed by atoms with Gasteiger partial charge < -0.3 is 15.8 Å². The van der Waals surface area contributed by atoms with Crippen molar-refractivity contribution in [3.63, 3.8) is 0 Å². The molecule has 1 aliphatic rings. The number of thioether (sulfide) groups is 1. The molecule has 19 heavy (non-hydrogen) atoms. The molecular formula is C11H15IN4O2S. The van der Waals surface area contributed by atoms with Gasteiger partial charge in [0, 0.05) is 13.2 Å². The summed E-state index contributed by atoms with van der Waals surface area (Å²) < 4.78 is 5.79. The summed E-state index contributed by atoms with van der Waals surface area (Å²) in [7, 11) is 1.53. The number of nitrogens with two attached hydrogens (primary N) is 1. The molecule has 1 aliphatic heterocycles. The molecule has 0 unspecified atom stereocenters. The highest BCUT2D eigenvalue weighted by Crippen LogP contribution is 2.24. The van der Waals surface area contributed by atoms with E-state index >= 15 is 0 Å². The van der Waals surface area contributed by atoms with Gasteiger partial charge in [-0.1, -0.05) is 11.8 Å². The number of amidine groups is 2. The monoisotopic (exact) mass is 394 g/mol. The van der Waals surface area contributed by atoms with E-state index in [0.717, 1.165) is 3.58 Å². The molecule has 0 saturated heterocycles. The number of ether oxygens (including phenoxy) is 1. The Bertz CT molecular complexity index is 497. The fourth-order valence-electron chi connectivity index (χ4n) is 1.31. The topological polar surface area (TPSA) is 89.1 Å². The molecule has 0 aromatic heterocycles. The van der Waals surface area contributed by atoms with E-state index in [9.17, 15) is 4.79 Å². The van der Waals surface area contributed by atoms with Gasteiger partial charge in [0.15, 0.2) is 5.17 Å². The number of halogens is 1. The minimum atomic E-state index is -0.502. The van der Waals surface area contributed by atoms with Crippen LogP contribution in [0.3, 0.4) is 0 Å². The van der Waals surface area contributed by atoms with Crippen molar-refractivity contribution >= 4 is 51.3 Å². The lowest BCUT2D eigenvalue weighted by molar-refractivity contribution is -0.137. The first-order valence-electron chi connectivity index (χ1n) is 5.44. The fourth-order valence-corrected chi connectivity index (χ4v) is 2.22. The predicted molar refractivity (Wildman–Crippen MR) is 87.4 cm³/mol. The summed E-state index contributed by atoms with van der Waals surface area (Å²) in [6.45, 7) is 2.01. The molecule has 0 fully saturated rings. The van der Waals surface area contributed by atoms with Crippen LogP contribution in [0.5, 0.6) is 0 Å². The van der Waals surface area contributed by atoms with Gasteiger partial charge in [-0.25, -0.2) is 9.79 Å². The van der Waals surface area contributed by atoms with Crippen LogP contribution in [-0.4, -0.2) is 36.9 Å². The Morgan fingerprint density at radius 1 is 1.68 bits per heavy atom. The van der Waals surface area contributed by atoms with Gasteiger partial charge in [-0.2, -0.15) is 0 Å². The Kier molecular flexibility index (Phi) is 6.35. The molecule has 6 nitrogen and oxygen atoms in total. The highest BCUT2D eigenvalue weighted by Gasteiger charge is 2.24. The molecule has 0 radical (unpaired) electrons. The summed E-state index contributed by atoms with van der Waals surface area (Å²) in [6, 6.07) is 0. The van der Waals surface area contributed by atoms with Crippen molar-refractivity contribution in [2.45, 2.75) is 6.92 Å². The Morgan fingerprint density at radius 2 is 2.37 bits per heavy atom. The average Bonchev–Trinajstić information content (AvgIpc) is 2.41. The van der Waals surface area contributed by atoms with Gasteiger partial charge >= 0.3 is 5.97 Å². The Labute approximate surface area is 129 Å². The standard InChI is InChI=1S/C11H15IN4O2S/c1-4-18-10(17)7(9(13)14-2)8-6(12)5-15-11(16-8)19-3/h5H,4H2,1-3H3,(H2,13,14)(H,15,16)/b8-7-. The zero-order valence-electron chi connectivity index (χ0n) is 10.9. The Morgan fingerprint density at radius 3 is 2.89 bits per heavy atom. The number of carbonyl (C=O) groups excluding carboxylic acids is 1. The molecule has 0 atom stereocenters. The minimum absolute atomic E-state index is 0.130. The predicted octanol–water partition coefficient (Wildman–Crippen LogP) is 1.39. The van der Waals surface area contributed by atoms with Crippen molar-refractivity contribution in [3.8, 4) is 0 Å². The van der Waals surface area contributed by atoms with E-state index in [1.807, 2.05) is 6.26 Å². The number of nitrogens with zero attached hydrogens (tertiary/aromatic N) is 2. The van der Waals surface area contributed by atoms with Gasteiger partial charge in [-0.3, -0.25) is 4.99 Å². The van der Waals surface area contributed by atoms with Crippen molar-refractivity contribution in [3.05, 3.63) is 21.0 Å².